The second-order valence-electron chi connectivity index (χ2n) is 7.63. The van der Waals surface area contributed by atoms with Gasteiger partial charge in [-0.1, -0.05) is 6.07 Å². The fourth-order valence-corrected chi connectivity index (χ4v) is 3.95. The number of methoxy groups -OCH3 is 1. The van der Waals surface area contributed by atoms with Crippen molar-refractivity contribution in [2.45, 2.75) is 18.7 Å². The molecule has 4 aromatic rings. The van der Waals surface area contributed by atoms with Crippen LogP contribution >= 0.6 is 0 Å². The Hall–Kier alpha value is -4.17. The van der Waals surface area contributed by atoms with E-state index in [1.807, 2.05) is 0 Å². The molecule has 0 radical (unpaired) electrons. The van der Waals surface area contributed by atoms with Crippen LogP contribution in [-0.4, -0.2) is 38.3 Å². The first-order chi connectivity index (χ1) is 16.6. The summed E-state index contributed by atoms with van der Waals surface area (Å²) >= 11 is 0. The van der Waals surface area contributed by atoms with Crippen LogP contribution in [0.2, 0.25) is 0 Å². The van der Waals surface area contributed by atoms with Gasteiger partial charge in [-0.05, 0) is 42.3 Å². The van der Waals surface area contributed by atoms with Crippen LogP contribution in [0.25, 0.3) is 10.9 Å². The highest BCUT2D eigenvalue weighted by Crippen LogP contribution is 2.41. The van der Waals surface area contributed by atoms with Gasteiger partial charge in [0.05, 0.1) is 37.5 Å². The zero-order chi connectivity index (χ0) is 25.4. The van der Waals surface area contributed by atoms with Crippen molar-refractivity contribution in [2.75, 3.05) is 13.7 Å². The van der Waals surface area contributed by atoms with Crippen LogP contribution in [0.5, 0.6) is 11.6 Å². The maximum Gasteiger partial charge on any atom is 0.433 e. The third-order valence-corrected chi connectivity index (χ3v) is 5.58. The summed E-state index contributed by atoms with van der Waals surface area (Å²) in [6.07, 6.45) is -0.941. The standard InChI is InChI=1S/C24H20F3N5O3/c1-4-35-21-17(11-28)16-9-14(5-6-18(16)31-22(21)34-3)23(33,20-12-29-13-32(20)2)15-7-8-30-19(10-15)24(25,26)27/h5-10,12-13,33H,4H2,1-3H3. The van der Waals surface area contributed by atoms with Crippen LogP contribution in [0, 0.1) is 11.3 Å². The summed E-state index contributed by atoms with van der Waals surface area (Å²) in [6, 6.07) is 8.76. The molecular weight excluding hydrogens is 463 g/mol. The number of aromatic nitrogens is 4. The molecule has 1 unspecified atom stereocenters. The first-order valence-electron chi connectivity index (χ1n) is 10.4. The number of nitrogens with zero attached hydrogens (tertiary/aromatic N) is 5. The number of nitriles is 1. The number of ether oxygens (including phenoxy) is 2. The molecule has 3 aromatic heterocycles. The van der Waals surface area contributed by atoms with Gasteiger partial charge in [-0.15, -0.1) is 0 Å². The number of rotatable bonds is 6. The van der Waals surface area contributed by atoms with Crippen molar-refractivity contribution in [1.29, 1.82) is 5.26 Å². The van der Waals surface area contributed by atoms with Gasteiger partial charge < -0.3 is 19.1 Å². The Labute approximate surface area is 198 Å². The van der Waals surface area contributed by atoms with E-state index in [9.17, 15) is 23.5 Å². The lowest BCUT2D eigenvalue weighted by Crippen LogP contribution is -2.31. The molecule has 1 aromatic carbocycles. The van der Waals surface area contributed by atoms with Crippen LogP contribution in [0.15, 0.2) is 49.1 Å². The summed E-state index contributed by atoms with van der Waals surface area (Å²) < 4.78 is 52.7. The number of aryl methyl sites for hydroxylation is 1. The van der Waals surface area contributed by atoms with Crippen molar-refractivity contribution >= 4 is 10.9 Å². The number of pyridine rings is 2. The lowest BCUT2D eigenvalue weighted by Gasteiger charge is -2.30. The molecule has 0 bridgehead atoms. The lowest BCUT2D eigenvalue weighted by atomic mass is 9.82. The molecule has 11 heteroatoms. The van der Waals surface area contributed by atoms with Gasteiger partial charge in [-0.25, -0.2) is 9.97 Å². The molecule has 0 aliphatic heterocycles. The van der Waals surface area contributed by atoms with Gasteiger partial charge >= 0.3 is 6.18 Å². The van der Waals surface area contributed by atoms with E-state index in [2.05, 4.69) is 21.0 Å². The average Bonchev–Trinajstić information content (AvgIpc) is 3.28. The van der Waals surface area contributed by atoms with Crippen molar-refractivity contribution in [2.24, 2.45) is 7.05 Å². The number of hydrogen-bond acceptors (Lipinski definition) is 7. The monoisotopic (exact) mass is 483 g/mol. The second kappa shape index (κ2) is 8.88. The summed E-state index contributed by atoms with van der Waals surface area (Å²) in [7, 11) is 3.01. The average molecular weight is 483 g/mol. The third kappa shape index (κ3) is 4.02. The number of fused-ring (bicyclic) bond motifs is 1. The first-order valence-corrected chi connectivity index (χ1v) is 10.4. The molecule has 0 saturated heterocycles. The first kappa shape index (κ1) is 24.0. The van der Waals surface area contributed by atoms with Gasteiger partial charge in [0.25, 0.3) is 5.88 Å². The van der Waals surface area contributed by atoms with Crippen LogP contribution in [0.3, 0.4) is 0 Å². The molecule has 35 heavy (non-hydrogen) atoms. The van der Waals surface area contributed by atoms with Crippen molar-refractivity contribution in [3.8, 4) is 17.7 Å². The molecule has 1 N–H and O–H groups in total. The maximum absolute atomic E-state index is 13.4. The second-order valence-corrected chi connectivity index (χ2v) is 7.63. The Bertz CT molecular complexity index is 1440. The minimum atomic E-state index is -4.71. The van der Waals surface area contributed by atoms with Crippen molar-refractivity contribution in [1.82, 2.24) is 19.5 Å². The third-order valence-electron chi connectivity index (χ3n) is 5.58. The van der Waals surface area contributed by atoms with E-state index in [0.29, 0.717) is 10.9 Å². The molecule has 4 rings (SSSR count). The zero-order valence-corrected chi connectivity index (χ0v) is 19.0. The molecule has 0 aliphatic carbocycles. The quantitative estimate of drug-likeness (QED) is 0.443. The SMILES string of the molecule is CCOc1c(OC)nc2ccc(C(O)(c3ccnc(C(F)(F)F)c3)c3cncn3C)cc2c1C#N. The maximum atomic E-state index is 13.4. The van der Waals surface area contributed by atoms with Crippen molar-refractivity contribution in [3.63, 3.8) is 0 Å². The summed E-state index contributed by atoms with van der Waals surface area (Å²) in [5.74, 6) is 0.254. The van der Waals surface area contributed by atoms with Crippen molar-refractivity contribution < 1.29 is 27.8 Å². The van der Waals surface area contributed by atoms with E-state index in [0.717, 1.165) is 12.3 Å². The van der Waals surface area contributed by atoms with Crippen LogP contribution in [0.4, 0.5) is 13.2 Å². The van der Waals surface area contributed by atoms with E-state index in [-0.39, 0.29) is 40.6 Å². The largest absolute Gasteiger partial charge is 0.487 e. The Morgan fingerprint density at radius 3 is 2.51 bits per heavy atom. The van der Waals surface area contributed by atoms with E-state index in [1.54, 1.807) is 20.0 Å². The van der Waals surface area contributed by atoms with Gasteiger partial charge in [-0.3, -0.25) is 4.98 Å². The van der Waals surface area contributed by atoms with Gasteiger partial charge in [0.2, 0.25) is 0 Å². The number of hydrogen-bond donors (Lipinski definition) is 1. The van der Waals surface area contributed by atoms with Gasteiger partial charge in [0, 0.05) is 18.6 Å². The van der Waals surface area contributed by atoms with Crippen LogP contribution in [0.1, 0.15) is 35.0 Å². The van der Waals surface area contributed by atoms with E-state index in [4.69, 9.17) is 9.47 Å². The Kier molecular flexibility index (Phi) is 6.08. The number of alkyl halides is 3. The molecule has 180 valence electrons. The molecule has 8 nitrogen and oxygen atoms in total. The van der Waals surface area contributed by atoms with E-state index < -0.39 is 17.5 Å². The van der Waals surface area contributed by atoms with Gasteiger partial charge in [0.15, 0.2) is 11.4 Å². The molecule has 0 aliphatic rings. The van der Waals surface area contributed by atoms with Crippen LogP contribution in [-0.2, 0) is 18.8 Å². The molecule has 1 atom stereocenters. The molecule has 0 fully saturated rings. The predicted molar refractivity (Wildman–Crippen MR) is 119 cm³/mol. The molecular formula is C24H20F3N5O3. The Morgan fingerprint density at radius 2 is 1.91 bits per heavy atom. The normalized spacial score (nSPS) is 13.3. The van der Waals surface area contributed by atoms with E-state index >= 15 is 0 Å². The Balaban J connectivity index is 2.04. The van der Waals surface area contributed by atoms with Gasteiger partial charge in [0.1, 0.15) is 17.3 Å². The summed E-state index contributed by atoms with van der Waals surface area (Å²) in [5, 5.41) is 22.3. The summed E-state index contributed by atoms with van der Waals surface area (Å²) in [4.78, 5) is 11.8. The Morgan fingerprint density at radius 1 is 1.17 bits per heavy atom. The predicted octanol–water partition coefficient (Wildman–Crippen LogP) is 3.95. The lowest BCUT2D eigenvalue weighted by molar-refractivity contribution is -0.141. The number of benzene rings is 1. The summed E-state index contributed by atoms with van der Waals surface area (Å²) in [5.41, 5.74) is -2.40. The number of imidazole rings is 1. The molecule has 3 heterocycles. The fourth-order valence-electron chi connectivity index (χ4n) is 3.95. The highest BCUT2D eigenvalue weighted by atomic mass is 19.4. The number of halogens is 3. The topological polar surface area (TPSA) is 106 Å². The zero-order valence-electron chi connectivity index (χ0n) is 19.0. The number of aliphatic hydroxyl groups is 1. The molecule has 0 amide bonds. The highest BCUT2D eigenvalue weighted by molar-refractivity contribution is 5.89. The highest BCUT2D eigenvalue weighted by Gasteiger charge is 2.40. The minimum absolute atomic E-state index is 0.0761. The van der Waals surface area contributed by atoms with E-state index in [1.165, 1.54) is 42.4 Å². The van der Waals surface area contributed by atoms with Gasteiger partial charge in [-0.2, -0.15) is 18.4 Å². The molecule has 0 saturated carbocycles. The summed E-state index contributed by atoms with van der Waals surface area (Å²) in [6.45, 7) is 1.98. The van der Waals surface area contributed by atoms with Crippen molar-refractivity contribution in [3.05, 3.63) is 77.1 Å². The smallest absolute Gasteiger partial charge is 0.433 e. The molecule has 0 spiro atoms. The minimum Gasteiger partial charge on any atom is -0.487 e. The fraction of sp³-hybridized carbons (Fsp3) is 0.250. The van der Waals surface area contributed by atoms with Crippen LogP contribution < -0.4 is 9.47 Å².